The maximum absolute atomic E-state index is 10.8. The number of phenolic OH excluding ortho intramolecular Hbond substituents is 1. The molecule has 1 heterocycles. The quantitative estimate of drug-likeness (QED) is 0.409. The number of piperidine rings is 1. The van der Waals surface area contributed by atoms with Crippen molar-refractivity contribution in [1.82, 2.24) is 5.32 Å². The van der Waals surface area contributed by atoms with Crippen LogP contribution in [0.1, 0.15) is 43.2 Å². The van der Waals surface area contributed by atoms with Crippen LogP contribution in [0.2, 0.25) is 5.02 Å². The second-order valence-corrected chi connectivity index (χ2v) is 9.42. The summed E-state index contributed by atoms with van der Waals surface area (Å²) in [4.78, 5) is 8.90. The van der Waals surface area contributed by atoms with E-state index in [9.17, 15) is 18.3 Å². The molecule has 33 heavy (non-hydrogen) atoms. The van der Waals surface area contributed by atoms with Gasteiger partial charge >= 0.3 is 12.1 Å². The van der Waals surface area contributed by atoms with Crippen molar-refractivity contribution in [3.63, 3.8) is 0 Å². The van der Waals surface area contributed by atoms with Crippen LogP contribution in [-0.2, 0) is 16.6 Å². The standard InChI is InChI=1S/C22H25ClN2O.C2HF3O2/c23-15-4-6-16(7-5-15)25-20-12-14-11-19-17-3-1-2-8-22(17,9-10-24-19)18(14)13-21(20)26;3-2(4,5)1(6)7/h4-7,12-13,17,19,24-26H,1-3,8-11H2;(H,6,7)/t17-,19+,22+;/m1./s1. The van der Waals surface area contributed by atoms with Gasteiger partial charge in [0.2, 0.25) is 0 Å². The topological polar surface area (TPSA) is 81.6 Å². The van der Waals surface area contributed by atoms with Crippen molar-refractivity contribution in [2.75, 3.05) is 11.9 Å². The molecule has 2 aromatic carbocycles. The zero-order chi connectivity index (χ0) is 23.8. The van der Waals surface area contributed by atoms with Gasteiger partial charge in [0.1, 0.15) is 5.75 Å². The minimum atomic E-state index is -5.08. The van der Waals surface area contributed by atoms with Crippen molar-refractivity contribution in [3.05, 3.63) is 52.5 Å². The number of phenols is 1. The minimum Gasteiger partial charge on any atom is -0.506 e. The number of benzene rings is 2. The van der Waals surface area contributed by atoms with Crippen molar-refractivity contribution >= 4 is 28.9 Å². The van der Waals surface area contributed by atoms with E-state index in [1.807, 2.05) is 24.3 Å². The summed E-state index contributed by atoms with van der Waals surface area (Å²) in [6, 6.07) is 12.4. The van der Waals surface area contributed by atoms with Gasteiger partial charge in [0.05, 0.1) is 5.69 Å². The number of aromatic hydroxyl groups is 1. The van der Waals surface area contributed by atoms with Crippen LogP contribution >= 0.6 is 11.6 Å². The van der Waals surface area contributed by atoms with Crippen molar-refractivity contribution in [2.45, 2.75) is 56.2 Å². The molecule has 0 aromatic heterocycles. The SMILES string of the molecule is O=C(O)C(F)(F)F.Oc1cc2c(cc1Nc1ccc(Cl)cc1)C[C@@H]1NCC[C@]23CCCC[C@H]13. The molecule has 178 valence electrons. The van der Waals surface area contributed by atoms with Crippen molar-refractivity contribution in [3.8, 4) is 5.75 Å². The summed E-state index contributed by atoms with van der Waals surface area (Å²) < 4.78 is 31.7. The molecule has 2 aromatic rings. The van der Waals surface area contributed by atoms with Crippen molar-refractivity contribution < 1.29 is 28.2 Å². The van der Waals surface area contributed by atoms with Gasteiger partial charge in [-0.3, -0.25) is 0 Å². The van der Waals surface area contributed by atoms with Gasteiger partial charge in [-0.05, 0) is 85.7 Å². The lowest BCUT2D eigenvalue weighted by molar-refractivity contribution is -0.192. The number of rotatable bonds is 2. The average Bonchev–Trinajstić information content (AvgIpc) is 2.76. The van der Waals surface area contributed by atoms with Crippen LogP contribution in [0.4, 0.5) is 24.5 Å². The third-order valence-electron chi connectivity index (χ3n) is 7.12. The first-order valence-corrected chi connectivity index (χ1v) is 11.4. The summed E-state index contributed by atoms with van der Waals surface area (Å²) in [5, 5.41) is 25.7. The van der Waals surface area contributed by atoms with Gasteiger partial charge in [-0.25, -0.2) is 4.79 Å². The van der Waals surface area contributed by atoms with E-state index < -0.39 is 12.1 Å². The highest BCUT2D eigenvalue weighted by atomic mass is 35.5. The van der Waals surface area contributed by atoms with Gasteiger partial charge in [-0.1, -0.05) is 24.4 Å². The van der Waals surface area contributed by atoms with Crippen molar-refractivity contribution in [1.29, 1.82) is 0 Å². The molecule has 1 aliphatic heterocycles. The number of fused-ring (bicyclic) bond motifs is 1. The second-order valence-electron chi connectivity index (χ2n) is 8.98. The van der Waals surface area contributed by atoms with E-state index in [0.717, 1.165) is 30.3 Å². The number of carboxylic acids is 1. The summed E-state index contributed by atoms with van der Waals surface area (Å²) in [5.41, 5.74) is 4.81. The lowest BCUT2D eigenvalue weighted by Crippen LogP contribution is -2.59. The van der Waals surface area contributed by atoms with E-state index in [4.69, 9.17) is 21.5 Å². The lowest BCUT2D eigenvalue weighted by Gasteiger charge is -2.56. The van der Waals surface area contributed by atoms with Crippen LogP contribution in [0.5, 0.6) is 5.75 Å². The average molecular weight is 483 g/mol. The Morgan fingerprint density at radius 1 is 1.15 bits per heavy atom. The molecule has 0 unspecified atom stereocenters. The van der Waals surface area contributed by atoms with E-state index in [1.54, 1.807) is 0 Å². The normalized spacial score (nSPS) is 25.7. The molecule has 2 fully saturated rings. The predicted molar refractivity (Wildman–Crippen MR) is 120 cm³/mol. The molecule has 3 atom stereocenters. The van der Waals surface area contributed by atoms with E-state index in [2.05, 4.69) is 22.8 Å². The Labute approximate surface area is 195 Å². The Hall–Kier alpha value is -2.45. The first-order valence-electron chi connectivity index (χ1n) is 11.0. The number of hydrogen-bond acceptors (Lipinski definition) is 4. The second kappa shape index (κ2) is 9.06. The largest absolute Gasteiger partial charge is 0.506 e. The molecule has 9 heteroatoms. The zero-order valence-electron chi connectivity index (χ0n) is 17.9. The fourth-order valence-electron chi connectivity index (χ4n) is 5.76. The van der Waals surface area contributed by atoms with Gasteiger partial charge in [0.15, 0.2) is 0 Å². The number of carboxylic acid groups (broad SMARTS) is 1. The number of hydrogen-bond donors (Lipinski definition) is 4. The van der Waals surface area contributed by atoms with Crippen LogP contribution in [0, 0.1) is 5.92 Å². The molecule has 1 saturated heterocycles. The highest BCUT2D eigenvalue weighted by Crippen LogP contribution is 2.55. The lowest BCUT2D eigenvalue weighted by atomic mass is 9.53. The first kappa shape index (κ1) is 23.7. The van der Waals surface area contributed by atoms with Crippen molar-refractivity contribution in [2.24, 2.45) is 5.92 Å². The molecule has 1 saturated carbocycles. The van der Waals surface area contributed by atoms with Gasteiger partial charge in [-0.15, -0.1) is 0 Å². The smallest absolute Gasteiger partial charge is 0.490 e. The number of alkyl halides is 3. The summed E-state index contributed by atoms with van der Waals surface area (Å²) >= 11 is 5.98. The summed E-state index contributed by atoms with van der Waals surface area (Å²) in [6.45, 7) is 1.10. The van der Waals surface area contributed by atoms with E-state index in [1.165, 1.54) is 43.2 Å². The third kappa shape index (κ3) is 4.77. The number of nitrogens with one attached hydrogen (secondary N) is 2. The summed E-state index contributed by atoms with van der Waals surface area (Å²) in [7, 11) is 0. The molecule has 0 spiro atoms. The highest BCUT2D eigenvalue weighted by molar-refractivity contribution is 6.30. The monoisotopic (exact) mass is 482 g/mol. The Morgan fingerprint density at radius 2 is 1.85 bits per heavy atom. The fourth-order valence-corrected chi connectivity index (χ4v) is 5.89. The molecule has 5 rings (SSSR count). The third-order valence-corrected chi connectivity index (χ3v) is 7.38. The fraction of sp³-hybridized carbons (Fsp3) is 0.458. The Kier molecular flexibility index (Phi) is 6.51. The highest BCUT2D eigenvalue weighted by Gasteiger charge is 2.51. The van der Waals surface area contributed by atoms with Gasteiger partial charge in [-0.2, -0.15) is 13.2 Å². The summed E-state index contributed by atoms with van der Waals surface area (Å²) in [5.74, 6) is -1.67. The zero-order valence-corrected chi connectivity index (χ0v) is 18.6. The van der Waals surface area contributed by atoms with Crippen LogP contribution in [-0.4, -0.2) is 34.9 Å². The Bertz CT molecular complexity index is 1020. The number of halogens is 4. The molecule has 0 amide bonds. The number of aliphatic carboxylic acids is 1. The molecule has 4 N–H and O–H groups in total. The molecule has 2 aliphatic carbocycles. The first-order chi connectivity index (χ1) is 15.6. The van der Waals surface area contributed by atoms with E-state index in [-0.39, 0.29) is 5.41 Å². The molecule has 3 aliphatic rings. The Morgan fingerprint density at radius 3 is 2.52 bits per heavy atom. The van der Waals surface area contributed by atoms with Crippen LogP contribution in [0.3, 0.4) is 0 Å². The number of carbonyl (C=O) groups is 1. The molecular formula is C24H26ClF3N2O3. The minimum absolute atomic E-state index is 0.276. The van der Waals surface area contributed by atoms with Crippen LogP contribution < -0.4 is 10.6 Å². The number of anilines is 2. The molecule has 0 radical (unpaired) electrons. The Balaban J connectivity index is 0.000000325. The predicted octanol–water partition coefficient (Wildman–Crippen LogP) is 5.77. The van der Waals surface area contributed by atoms with E-state index in [0.29, 0.717) is 16.8 Å². The van der Waals surface area contributed by atoms with E-state index >= 15 is 0 Å². The molecular weight excluding hydrogens is 457 g/mol. The maximum atomic E-state index is 10.8. The van der Waals surface area contributed by atoms with Gasteiger partial charge in [0.25, 0.3) is 0 Å². The molecule has 5 nitrogen and oxygen atoms in total. The van der Waals surface area contributed by atoms with Crippen LogP contribution in [0.25, 0.3) is 0 Å². The van der Waals surface area contributed by atoms with Gasteiger partial charge < -0.3 is 20.8 Å². The van der Waals surface area contributed by atoms with Crippen LogP contribution in [0.15, 0.2) is 36.4 Å². The molecule has 2 bridgehead atoms. The van der Waals surface area contributed by atoms with Gasteiger partial charge in [0, 0.05) is 22.2 Å². The summed E-state index contributed by atoms with van der Waals surface area (Å²) in [6.07, 6.45) is 2.44. The maximum Gasteiger partial charge on any atom is 0.490 e.